The number of thioether (sulfide) groups is 1. The van der Waals surface area contributed by atoms with Crippen LogP contribution in [0.2, 0.25) is 0 Å². The molecule has 3 aromatic rings. The molecule has 0 aliphatic heterocycles. The van der Waals surface area contributed by atoms with Crippen LogP contribution in [-0.2, 0) is 4.79 Å². The van der Waals surface area contributed by atoms with Gasteiger partial charge in [-0.3, -0.25) is 4.79 Å². The normalized spacial score (nSPS) is 10.7. The molecule has 0 spiro atoms. The fraction of sp³-hybridized carbons (Fsp3) is 0.125. The number of halogens is 2. The van der Waals surface area contributed by atoms with Crippen molar-refractivity contribution in [1.82, 2.24) is 15.1 Å². The van der Waals surface area contributed by atoms with Gasteiger partial charge in [-0.2, -0.15) is 4.98 Å². The third-order valence-corrected chi connectivity index (χ3v) is 4.50. The number of aromatic nitrogens is 3. The van der Waals surface area contributed by atoms with Gasteiger partial charge in [0.2, 0.25) is 5.91 Å². The maximum atomic E-state index is 13.7. The van der Waals surface area contributed by atoms with Crippen molar-refractivity contribution in [2.75, 3.05) is 11.1 Å². The van der Waals surface area contributed by atoms with Crippen LogP contribution in [0.4, 0.5) is 10.1 Å². The van der Waals surface area contributed by atoms with Crippen molar-refractivity contribution >= 4 is 39.3 Å². The number of hydrogen-bond acceptors (Lipinski definition) is 6. The zero-order valence-electron chi connectivity index (χ0n) is 13.0. The summed E-state index contributed by atoms with van der Waals surface area (Å²) in [7, 11) is 0. The Hall–Kier alpha value is -2.26. The highest BCUT2D eigenvalue weighted by atomic mass is 79.9. The maximum absolute atomic E-state index is 13.7. The van der Waals surface area contributed by atoms with E-state index in [9.17, 15) is 9.18 Å². The van der Waals surface area contributed by atoms with Crippen LogP contribution < -0.4 is 5.32 Å². The number of pyridine rings is 1. The largest absolute Gasteiger partial charge is 0.334 e. The molecule has 6 nitrogen and oxygen atoms in total. The molecule has 0 aliphatic carbocycles. The zero-order chi connectivity index (χ0) is 17.8. The number of benzene rings is 1. The van der Waals surface area contributed by atoms with Gasteiger partial charge in [-0.1, -0.05) is 32.8 Å². The minimum absolute atomic E-state index is 0.113. The van der Waals surface area contributed by atoms with Gasteiger partial charge in [0.1, 0.15) is 5.82 Å². The van der Waals surface area contributed by atoms with Crippen LogP contribution in [0, 0.1) is 12.7 Å². The van der Waals surface area contributed by atoms with Crippen molar-refractivity contribution in [2.45, 2.75) is 11.9 Å². The lowest BCUT2D eigenvalue weighted by Crippen LogP contribution is -2.15. The molecule has 0 unspecified atom stereocenters. The maximum Gasteiger partial charge on any atom is 0.259 e. The van der Waals surface area contributed by atoms with Gasteiger partial charge in [0.05, 0.1) is 22.0 Å². The highest BCUT2D eigenvalue weighted by molar-refractivity contribution is 9.10. The first-order valence-electron chi connectivity index (χ1n) is 7.16. The van der Waals surface area contributed by atoms with Crippen molar-refractivity contribution in [1.29, 1.82) is 0 Å². The second-order valence-electron chi connectivity index (χ2n) is 4.99. The Balaban J connectivity index is 1.57. The van der Waals surface area contributed by atoms with E-state index in [1.165, 1.54) is 23.9 Å². The first-order chi connectivity index (χ1) is 12.0. The van der Waals surface area contributed by atoms with Gasteiger partial charge in [0, 0.05) is 10.7 Å². The molecule has 9 heteroatoms. The first-order valence-corrected chi connectivity index (χ1v) is 8.93. The lowest BCUT2D eigenvalue weighted by atomic mass is 10.3. The van der Waals surface area contributed by atoms with Crippen LogP contribution in [0.1, 0.15) is 5.82 Å². The minimum atomic E-state index is -0.495. The number of carbonyl (C=O) groups is 1. The molecule has 0 saturated heterocycles. The lowest BCUT2D eigenvalue weighted by Gasteiger charge is -2.06. The molecule has 3 rings (SSSR count). The van der Waals surface area contributed by atoms with Crippen LogP contribution in [0.5, 0.6) is 0 Å². The number of nitrogens with one attached hydrogen (secondary N) is 1. The van der Waals surface area contributed by atoms with Gasteiger partial charge < -0.3 is 9.84 Å². The smallest absolute Gasteiger partial charge is 0.259 e. The summed E-state index contributed by atoms with van der Waals surface area (Å²) in [4.78, 5) is 20.3. The fourth-order valence-corrected chi connectivity index (χ4v) is 2.90. The molecule has 0 atom stereocenters. The van der Waals surface area contributed by atoms with Gasteiger partial charge in [-0.05, 0) is 37.3 Å². The van der Waals surface area contributed by atoms with Crippen molar-refractivity contribution in [3.05, 3.63) is 52.6 Å². The molecule has 0 saturated carbocycles. The monoisotopic (exact) mass is 422 g/mol. The van der Waals surface area contributed by atoms with Crippen LogP contribution in [0.15, 0.2) is 50.6 Å². The van der Waals surface area contributed by atoms with Crippen molar-refractivity contribution in [3.8, 4) is 11.5 Å². The molecule has 0 fully saturated rings. The Labute approximate surface area is 155 Å². The predicted octanol–water partition coefficient (Wildman–Crippen LogP) is 4.07. The summed E-state index contributed by atoms with van der Waals surface area (Å²) >= 11 is 4.41. The average molecular weight is 423 g/mol. The molecule has 0 aliphatic rings. The molecule has 128 valence electrons. The second kappa shape index (κ2) is 7.75. The van der Waals surface area contributed by atoms with Gasteiger partial charge >= 0.3 is 0 Å². The van der Waals surface area contributed by atoms with Gasteiger partial charge in [0.25, 0.3) is 5.89 Å². The first kappa shape index (κ1) is 17.6. The molecule has 0 bridgehead atoms. The quantitative estimate of drug-likeness (QED) is 0.624. The molecule has 0 radical (unpaired) electrons. The summed E-state index contributed by atoms with van der Waals surface area (Å²) in [5.41, 5.74) is 0.843. The summed E-state index contributed by atoms with van der Waals surface area (Å²) in [5, 5.41) is 6.91. The average Bonchev–Trinajstić information content (AvgIpc) is 3.02. The molecular weight excluding hydrogens is 411 g/mol. The van der Waals surface area contributed by atoms with E-state index in [0.29, 0.717) is 26.8 Å². The third kappa shape index (κ3) is 4.64. The third-order valence-electron chi connectivity index (χ3n) is 3.07. The molecule has 25 heavy (non-hydrogen) atoms. The highest BCUT2D eigenvalue weighted by Crippen LogP contribution is 2.22. The van der Waals surface area contributed by atoms with E-state index >= 15 is 0 Å². The molecular formula is C16H12BrFN4O2S. The number of rotatable bonds is 5. The Morgan fingerprint density at radius 1 is 1.36 bits per heavy atom. The fourth-order valence-electron chi connectivity index (χ4n) is 1.92. The highest BCUT2D eigenvalue weighted by Gasteiger charge is 2.10. The van der Waals surface area contributed by atoms with Crippen LogP contribution >= 0.6 is 27.7 Å². The van der Waals surface area contributed by atoms with E-state index in [4.69, 9.17) is 4.52 Å². The van der Waals surface area contributed by atoms with Crippen LogP contribution in [0.3, 0.4) is 0 Å². The van der Waals surface area contributed by atoms with Crippen LogP contribution in [0.25, 0.3) is 11.5 Å². The number of amides is 1. The SMILES string of the molecule is Cc1noc(-c2ccc(SCC(=O)Nc3ccc(Br)cc3F)nc2)n1. The summed E-state index contributed by atoms with van der Waals surface area (Å²) < 4.78 is 19.4. The Kier molecular flexibility index (Phi) is 5.44. The van der Waals surface area contributed by atoms with E-state index in [1.54, 1.807) is 31.3 Å². The summed E-state index contributed by atoms with van der Waals surface area (Å²) in [6.45, 7) is 1.73. The minimum Gasteiger partial charge on any atom is -0.334 e. The summed E-state index contributed by atoms with van der Waals surface area (Å²) in [6.07, 6.45) is 1.60. The Morgan fingerprint density at radius 3 is 2.84 bits per heavy atom. The number of nitrogens with zero attached hydrogens (tertiary/aromatic N) is 3. The number of carbonyl (C=O) groups excluding carboxylic acids is 1. The lowest BCUT2D eigenvalue weighted by molar-refractivity contribution is -0.113. The molecule has 1 aromatic carbocycles. The van der Waals surface area contributed by atoms with E-state index in [2.05, 4.69) is 36.4 Å². The van der Waals surface area contributed by atoms with Crippen molar-refractivity contribution in [2.24, 2.45) is 0 Å². The summed E-state index contributed by atoms with van der Waals surface area (Å²) in [6, 6.07) is 8.00. The van der Waals surface area contributed by atoms with Crippen molar-refractivity contribution in [3.63, 3.8) is 0 Å². The van der Waals surface area contributed by atoms with Crippen LogP contribution in [-0.4, -0.2) is 26.8 Å². The number of aryl methyl sites for hydroxylation is 1. The predicted molar refractivity (Wildman–Crippen MR) is 95.7 cm³/mol. The van der Waals surface area contributed by atoms with E-state index < -0.39 is 5.82 Å². The van der Waals surface area contributed by atoms with E-state index in [-0.39, 0.29) is 17.3 Å². The topological polar surface area (TPSA) is 80.9 Å². The second-order valence-corrected chi connectivity index (χ2v) is 6.90. The Bertz CT molecular complexity index is 901. The molecule has 2 heterocycles. The standard InChI is InChI=1S/C16H12BrFN4O2S/c1-9-20-16(24-22-9)10-2-5-15(19-7-10)25-8-14(23)21-13-4-3-11(17)6-12(13)18/h2-7H,8H2,1H3,(H,21,23). The summed E-state index contributed by atoms with van der Waals surface area (Å²) in [5.74, 6) is 0.242. The van der Waals surface area contributed by atoms with Crippen molar-refractivity contribution < 1.29 is 13.7 Å². The van der Waals surface area contributed by atoms with Gasteiger partial charge in [0.15, 0.2) is 5.82 Å². The van der Waals surface area contributed by atoms with E-state index in [1.807, 2.05) is 0 Å². The van der Waals surface area contributed by atoms with Gasteiger partial charge in [-0.15, -0.1) is 0 Å². The molecule has 2 aromatic heterocycles. The van der Waals surface area contributed by atoms with E-state index in [0.717, 1.165) is 0 Å². The zero-order valence-corrected chi connectivity index (χ0v) is 15.4. The molecule has 1 N–H and O–H groups in total. The number of anilines is 1. The number of hydrogen-bond donors (Lipinski definition) is 1. The molecule has 1 amide bonds. The Morgan fingerprint density at radius 2 is 2.20 bits per heavy atom. The van der Waals surface area contributed by atoms with Gasteiger partial charge in [-0.25, -0.2) is 9.37 Å².